The summed E-state index contributed by atoms with van der Waals surface area (Å²) in [4.78, 5) is 10.2. The zero-order chi connectivity index (χ0) is 13.7. The van der Waals surface area contributed by atoms with Crippen LogP contribution in [0, 0.1) is 16.0 Å². The van der Waals surface area contributed by atoms with Gasteiger partial charge in [-0.05, 0) is 37.2 Å². The van der Waals surface area contributed by atoms with E-state index < -0.39 is 0 Å². The quantitative estimate of drug-likeness (QED) is 0.347. The highest BCUT2D eigenvalue weighted by Crippen LogP contribution is 2.31. The second-order valence-electron chi connectivity index (χ2n) is 5.38. The van der Waals surface area contributed by atoms with Crippen LogP contribution in [0.3, 0.4) is 0 Å². The van der Waals surface area contributed by atoms with E-state index in [4.69, 9.17) is 11.6 Å². The highest BCUT2D eigenvalue weighted by molar-refractivity contribution is 6.20. The van der Waals surface area contributed by atoms with Gasteiger partial charge in [0.1, 0.15) is 0 Å². The smallest absolute Gasteiger partial charge is 0.258 e. The number of rotatable bonds is 4. The lowest BCUT2D eigenvalue weighted by atomic mass is 9.92. The van der Waals surface area contributed by atoms with E-state index in [1.807, 2.05) is 12.1 Å². The van der Waals surface area contributed by atoms with E-state index in [2.05, 4.69) is 0 Å². The molecule has 0 amide bonds. The summed E-state index contributed by atoms with van der Waals surface area (Å²) in [5, 5.41) is 10.9. The third-order valence-electron chi connectivity index (χ3n) is 4.02. The van der Waals surface area contributed by atoms with Crippen LogP contribution in [0.4, 0.5) is 5.69 Å². The topological polar surface area (TPSA) is 43.1 Å². The Kier molecular flexibility index (Phi) is 5.20. The summed E-state index contributed by atoms with van der Waals surface area (Å²) < 4.78 is 0. The number of non-ortho nitro benzene ring substituents is 1. The highest BCUT2D eigenvalue weighted by atomic mass is 35.5. The summed E-state index contributed by atoms with van der Waals surface area (Å²) in [7, 11) is 0. The number of nitro benzene ring substituents is 1. The van der Waals surface area contributed by atoms with Crippen molar-refractivity contribution in [3.8, 4) is 0 Å². The van der Waals surface area contributed by atoms with Gasteiger partial charge in [0.25, 0.3) is 5.69 Å². The third kappa shape index (κ3) is 4.20. The second kappa shape index (κ2) is 6.90. The van der Waals surface area contributed by atoms with Gasteiger partial charge < -0.3 is 0 Å². The predicted molar refractivity (Wildman–Crippen MR) is 77.6 cm³/mol. The number of hydrogen-bond donors (Lipinski definition) is 0. The van der Waals surface area contributed by atoms with E-state index in [1.54, 1.807) is 12.1 Å². The second-order valence-corrected chi connectivity index (χ2v) is 5.94. The molecule has 0 heterocycles. The number of benzene rings is 1. The van der Waals surface area contributed by atoms with Gasteiger partial charge in [0.2, 0.25) is 0 Å². The van der Waals surface area contributed by atoms with Crippen molar-refractivity contribution in [1.29, 1.82) is 0 Å². The number of aryl methyl sites for hydroxylation is 1. The average Bonchev–Trinajstić information content (AvgIpc) is 2.61. The lowest BCUT2D eigenvalue weighted by Gasteiger charge is -2.19. The van der Waals surface area contributed by atoms with Crippen LogP contribution in [0.15, 0.2) is 24.3 Å². The lowest BCUT2D eigenvalue weighted by Crippen LogP contribution is -2.14. The van der Waals surface area contributed by atoms with Crippen LogP contribution in [-0.4, -0.2) is 10.3 Å². The van der Waals surface area contributed by atoms with Crippen LogP contribution in [0.5, 0.6) is 0 Å². The predicted octanol–water partition coefficient (Wildman–Crippen LogP) is 4.72. The first-order valence-corrected chi connectivity index (χ1v) is 7.48. The van der Waals surface area contributed by atoms with Crippen molar-refractivity contribution in [2.24, 2.45) is 5.92 Å². The molecule has 2 rings (SSSR count). The van der Waals surface area contributed by atoms with Crippen LogP contribution >= 0.6 is 11.6 Å². The minimum Gasteiger partial charge on any atom is -0.258 e. The van der Waals surface area contributed by atoms with Gasteiger partial charge >= 0.3 is 0 Å². The molecule has 0 bridgehead atoms. The van der Waals surface area contributed by atoms with E-state index in [9.17, 15) is 10.1 Å². The van der Waals surface area contributed by atoms with Gasteiger partial charge in [-0.15, -0.1) is 11.6 Å². The molecule has 104 valence electrons. The zero-order valence-corrected chi connectivity index (χ0v) is 11.8. The van der Waals surface area contributed by atoms with Crippen molar-refractivity contribution in [3.05, 3.63) is 39.9 Å². The molecule has 0 N–H and O–H groups in total. The first-order chi connectivity index (χ1) is 9.16. The van der Waals surface area contributed by atoms with Gasteiger partial charge in [-0.25, -0.2) is 0 Å². The summed E-state index contributed by atoms with van der Waals surface area (Å²) in [5.74, 6) is 0.597. The fourth-order valence-corrected chi connectivity index (χ4v) is 3.21. The summed E-state index contributed by atoms with van der Waals surface area (Å²) >= 11 is 6.43. The van der Waals surface area contributed by atoms with Crippen molar-refractivity contribution in [2.75, 3.05) is 0 Å². The van der Waals surface area contributed by atoms with Crippen molar-refractivity contribution in [2.45, 2.75) is 50.3 Å². The fourth-order valence-electron chi connectivity index (χ4n) is 2.80. The monoisotopic (exact) mass is 281 g/mol. The van der Waals surface area contributed by atoms with E-state index >= 15 is 0 Å². The minimum atomic E-state index is -0.357. The minimum absolute atomic E-state index is 0.161. The van der Waals surface area contributed by atoms with Crippen LogP contribution in [0.25, 0.3) is 0 Å². The maximum Gasteiger partial charge on any atom is 0.269 e. The largest absolute Gasteiger partial charge is 0.269 e. The van der Waals surface area contributed by atoms with Crippen molar-refractivity contribution in [1.82, 2.24) is 0 Å². The van der Waals surface area contributed by atoms with Crippen LogP contribution < -0.4 is 0 Å². The highest BCUT2D eigenvalue weighted by Gasteiger charge is 2.21. The molecule has 1 aliphatic rings. The Morgan fingerprint density at radius 2 is 1.84 bits per heavy atom. The Labute approximate surface area is 119 Å². The summed E-state index contributed by atoms with van der Waals surface area (Å²) in [6.45, 7) is 0. The van der Waals surface area contributed by atoms with Gasteiger partial charge in [0.15, 0.2) is 0 Å². The van der Waals surface area contributed by atoms with E-state index in [1.165, 1.54) is 31.2 Å². The molecule has 1 aromatic rings. The molecule has 0 aromatic heterocycles. The normalized spacial score (nSPS) is 23.8. The number of halogens is 1. The van der Waals surface area contributed by atoms with Crippen LogP contribution in [0.2, 0.25) is 0 Å². The Hall–Kier alpha value is -1.09. The summed E-state index contributed by atoms with van der Waals surface area (Å²) in [6, 6.07) is 6.89. The van der Waals surface area contributed by atoms with Crippen molar-refractivity contribution < 1.29 is 4.92 Å². The maximum atomic E-state index is 10.6. The molecule has 1 aliphatic carbocycles. The van der Waals surface area contributed by atoms with Gasteiger partial charge in [0, 0.05) is 17.5 Å². The molecule has 3 nitrogen and oxygen atoms in total. The molecule has 0 spiro atoms. The number of nitro groups is 1. The molecular formula is C15H20ClNO2. The van der Waals surface area contributed by atoms with Gasteiger partial charge in [0.05, 0.1) is 4.92 Å². The number of alkyl halides is 1. The standard InChI is InChI=1S/C15H20ClNO2/c16-15-5-3-1-2-4-13(15)9-6-12-7-10-14(11-8-12)17(18)19/h7-8,10-11,13,15H,1-6,9H2. The Morgan fingerprint density at radius 1 is 1.16 bits per heavy atom. The molecule has 0 saturated heterocycles. The maximum absolute atomic E-state index is 10.6. The summed E-state index contributed by atoms with van der Waals surface area (Å²) in [6.07, 6.45) is 8.25. The molecule has 4 heteroatoms. The Balaban J connectivity index is 1.88. The van der Waals surface area contributed by atoms with E-state index in [0.717, 1.165) is 19.3 Å². The molecular weight excluding hydrogens is 262 g/mol. The number of nitrogens with zero attached hydrogens (tertiary/aromatic N) is 1. The van der Waals surface area contributed by atoms with E-state index in [0.29, 0.717) is 11.3 Å². The average molecular weight is 282 g/mol. The Bertz CT molecular complexity index is 419. The molecule has 1 saturated carbocycles. The molecule has 2 atom stereocenters. The van der Waals surface area contributed by atoms with Gasteiger partial charge in [-0.3, -0.25) is 10.1 Å². The molecule has 19 heavy (non-hydrogen) atoms. The SMILES string of the molecule is O=[N+]([O-])c1ccc(CCC2CCCCCC2Cl)cc1. The van der Waals surface area contributed by atoms with Crippen molar-refractivity contribution >= 4 is 17.3 Å². The third-order valence-corrected chi connectivity index (χ3v) is 4.59. The Morgan fingerprint density at radius 3 is 2.53 bits per heavy atom. The first-order valence-electron chi connectivity index (χ1n) is 7.04. The van der Waals surface area contributed by atoms with Crippen molar-refractivity contribution in [3.63, 3.8) is 0 Å². The van der Waals surface area contributed by atoms with Gasteiger partial charge in [-0.1, -0.05) is 31.4 Å². The number of hydrogen-bond acceptors (Lipinski definition) is 2. The molecule has 2 unspecified atom stereocenters. The van der Waals surface area contributed by atoms with Crippen LogP contribution in [0.1, 0.15) is 44.1 Å². The fraction of sp³-hybridized carbons (Fsp3) is 0.600. The van der Waals surface area contributed by atoms with E-state index in [-0.39, 0.29) is 10.6 Å². The molecule has 0 aliphatic heterocycles. The molecule has 1 fully saturated rings. The summed E-state index contributed by atoms with van der Waals surface area (Å²) in [5.41, 5.74) is 1.33. The molecule has 1 aromatic carbocycles. The molecule has 0 radical (unpaired) electrons. The van der Waals surface area contributed by atoms with Crippen LogP contribution in [-0.2, 0) is 6.42 Å². The first kappa shape index (κ1) is 14.3. The van der Waals surface area contributed by atoms with Gasteiger partial charge in [-0.2, -0.15) is 0 Å². The lowest BCUT2D eigenvalue weighted by molar-refractivity contribution is -0.384. The zero-order valence-electron chi connectivity index (χ0n) is 11.1.